The van der Waals surface area contributed by atoms with E-state index >= 15 is 0 Å². The van der Waals surface area contributed by atoms with Gasteiger partial charge in [-0.25, -0.2) is 0 Å². The molecule has 18 heavy (non-hydrogen) atoms. The molecule has 3 heteroatoms. The standard InChI is InChI=1S/C15H22N2O/c1-11-4-3-5-14(9-11)17-15(18)10-16-13-7-6-12(2)8-13/h3-5,9,12-13,16H,6-8,10H2,1-2H3,(H,17,18). The monoisotopic (exact) mass is 246 g/mol. The lowest BCUT2D eigenvalue weighted by Crippen LogP contribution is -2.34. The molecule has 2 atom stereocenters. The smallest absolute Gasteiger partial charge is 0.238 e. The Morgan fingerprint density at radius 2 is 2.22 bits per heavy atom. The molecule has 3 nitrogen and oxygen atoms in total. The van der Waals surface area contributed by atoms with Gasteiger partial charge in [0.15, 0.2) is 0 Å². The fourth-order valence-electron chi connectivity index (χ4n) is 2.56. The van der Waals surface area contributed by atoms with Crippen LogP contribution in [0.2, 0.25) is 0 Å². The molecule has 1 aliphatic rings. The molecule has 0 bridgehead atoms. The van der Waals surface area contributed by atoms with Gasteiger partial charge in [0, 0.05) is 11.7 Å². The third-order valence-electron chi connectivity index (χ3n) is 3.55. The first-order valence-electron chi connectivity index (χ1n) is 6.73. The Labute approximate surface area is 109 Å². The number of hydrogen-bond acceptors (Lipinski definition) is 2. The van der Waals surface area contributed by atoms with Crippen molar-refractivity contribution >= 4 is 11.6 Å². The van der Waals surface area contributed by atoms with Crippen LogP contribution in [0, 0.1) is 12.8 Å². The second kappa shape index (κ2) is 6.01. The number of carbonyl (C=O) groups is 1. The largest absolute Gasteiger partial charge is 0.325 e. The second-order valence-corrected chi connectivity index (χ2v) is 5.41. The van der Waals surface area contributed by atoms with E-state index in [-0.39, 0.29) is 5.91 Å². The SMILES string of the molecule is Cc1cccc(NC(=O)CNC2CCC(C)C2)c1. The minimum absolute atomic E-state index is 0.0418. The molecule has 0 spiro atoms. The molecule has 2 rings (SSSR count). The fourth-order valence-corrected chi connectivity index (χ4v) is 2.56. The molecular weight excluding hydrogens is 224 g/mol. The highest BCUT2D eigenvalue weighted by Crippen LogP contribution is 2.24. The van der Waals surface area contributed by atoms with Crippen LogP contribution in [0.25, 0.3) is 0 Å². The Hall–Kier alpha value is -1.35. The average Bonchev–Trinajstić information content (AvgIpc) is 2.73. The van der Waals surface area contributed by atoms with Gasteiger partial charge in [-0.1, -0.05) is 19.1 Å². The Balaban J connectivity index is 1.75. The summed E-state index contributed by atoms with van der Waals surface area (Å²) in [5.41, 5.74) is 2.03. The number of benzene rings is 1. The van der Waals surface area contributed by atoms with Crippen LogP contribution in [0.3, 0.4) is 0 Å². The molecule has 2 unspecified atom stereocenters. The predicted octanol–water partition coefficient (Wildman–Crippen LogP) is 2.71. The first kappa shape index (κ1) is 13.1. The van der Waals surface area contributed by atoms with Gasteiger partial charge in [-0.2, -0.15) is 0 Å². The molecule has 98 valence electrons. The summed E-state index contributed by atoms with van der Waals surface area (Å²) in [4.78, 5) is 11.8. The third kappa shape index (κ3) is 3.84. The zero-order valence-electron chi connectivity index (χ0n) is 11.2. The van der Waals surface area contributed by atoms with E-state index in [0.717, 1.165) is 17.2 Å². The maximum absolute atomic E-state index is 11.8. The van der Waals surface area contributed by atoms with Crippen LogP contribution < -0.4 is 10.6 Å². The molecule has 1 aromatic carbocycles. The van der Waals surface area contributed by atoms with Crippen molar-refractivity contribution in [2.45, 2.75) is 39.2 Å². The fraction of sp³-hybridized carbons (Fsp3) is 0.533. The molecular formula is C15H22N2O. The van der Waals surface area contributed by atoms with Crippen molar-refractivity contribution in [3.05, 3.63) is 29.8 Å². The number of rotatable bonds is 4. The summed E-state index contributed by atoms with van der Waals surface area (Å²) in [6.07, 6.45) is 3.66. The van der Waals surface area contributed by atoms with Gasteiger partial charge in [0.2, 0.25) is 5.91 Å². The van der Waals surface area contributed by atoms with Crippen molar-refractivity contribution in [2.75, 3.05) is 11.9 Å². The minimum atomic E-state index is 0.0418. The maximum Gasteiger partial charge on any atom is 0.238 e. The first-order chi connectivity index (χ1) is 8.63. The summed E-state index contributed by atoms with van der Waals surface area (Å²) in [5.74, 6) is 0.836. The van der Waals surface area contributed by atoms with Crippen molar-refractivity contribution in [1.29, 1.82) is 0 Å². The van der Waals surface area contributed by atoms with Crippen molar-refractivity contribution in [1.82, 2.24) is 5.32 Å². The quantitative estimate of drug-likeness (QED) is 0.857. The average molecular weight is 246 g/mol. The molecule has 0 saturated heterocycles. The van der Waals surface area contributed by atoms with Crippen molar-refractivity contribution in [2.24, 2.45) is 5.92 Å². The molecule has 2 N–H and O–H groups in total. The van der Waals surface area contributed by atoms with Crippen LogP contribution in [0.4, 0.5) is 5.69 Å². The summed E-state index contributed by atoms with van der Waals surface area (Å²) in [7, 11) is 0. The number of anilines is 1. The Morgan fingerprint density at radius 1 is 1.39 bits per heavy atom. The molecule has 1 amide bonds. The maximum atomic E-state index is 11.8. The van der Waals surface area contributed by atoms with Gasteiger partial charge in [0.1, 0.15) is 0 Å². The lowest BCUT2D eigenvalue weighted by Gasteiger charge is -2.12. The Kier molecular flexibility index (Phi) is 4.37. The van der Waals surface area contributed by atoms with Crippen LogP contribution in [0.1, 0.15) is 31.7 Å². The van der Waals surface area contributed by atoms with Gasteiger partial charge in [0.25, 0.3) is 0 Å². The Morgan fingerprint density at radius 3 is 2.89 bits per heavy atom. The number of nitrogens with one attached hydrogen (secondary N) is 2. The summed E-state index contributed by atoms with van der Waals surface area (Å²) >= 11 is 0. The van der Waals surface area contributed by atoms with Crippen LogP contribution in [-0.4, -0.2) is 18.5 Å². The van der Waals surface area contributed by atoms with Gasteiger partial charge in [-0.05, 0) is 49.8 Å². The summed E-state index contributed by atoms with van der Waals surface area (Å²) in [6.45, 7) is 4.70. The highest BCUT2D eigenvalue weighted by atomic mass is 16.1. The summed E-state index contributed by atoms with van der Waals surface area (Å²) in [6, 6.07) is 8.39. The zero-order chi connectivity index (χ0) is 13.0. The van der Waals surface area contributed by atoms with E-state index in [1.807, 2.05) is 31.2 Å². The first-order valence-corrected chi connectivity index (χ1v) is 6.73. The van der Waals surface area contributed by atoms with Crippen molar-refractivity contribution in [3.8, 4) is 0 Å². The normalized spacial score (nSPS) is 23.0. The van der Waals surface area contributed by atoms with Gasteiger partial charge in [-0.15, -0.1) is 0 Å². The van der Waals surface area contributed by atoms with Gasteiger partial charge >= 0.3 is 0 Å². The number of aryl methyl sites for hydroxylation is 1. The van der Waals surface area contributed by atoms with E-state index in [4.69, 9.17) is 0 Å². The van der Waals surface area contributed by atoms with E-state index in [1.165, 1.54) is 19.3 Å². The minimum Gasteiger partial charge on any atom is -0.325 e. The number of hydrogen-bond donors (Lipinski definition) is 2. The molecule has 1 aliphatic carbocycles. The lowest BCUT2D eigenvalue weighted by atomic mass is 10.1. The van der Waals surface area contributed by atoms with E-state index in [0.29, 0.717) is 12.6 Å². The molecule has 0 aliphatic heterocycles. The lowest BCUT2D eigenvalue weighted by molar-refractivity contribution is -0.115. The predicted molar refractivity (Wildman–Crippen MR) is 74.6 cm³/mol. The van der Waals surface area contributed by atoms with Gasteiger partial charge < -0.3 is 10.6 Å². The van der Waals surface area contributed by atoms with Crippen LogP contribution in [-0.2, 0) is 4.79 Å². The molecule has 1 aromatic rings. The van der Waals surface area contributed by atoms with E-state index in [9.17, 15) is 4.79 Å². The van der Waals surface area contributed by atoms with Crippen molar-refractivity contribution < 1.29 is 4.79 Å². The topological polar surface area (TPSA) is 41.1 Å². The molecule has 1 fully saturated rings. The third-order valence-corrected chi connectivity index (χ3v) is 3.55. The molecule has 0 radical (unpaired) electrons. The highest BCUT2D eigenvalue weighted by Gasteiger charge is 2.21. The van der Waals surface area contributed by atoms with Gasteiger partial charge in [0.05, 0.1) is 6.54 Å². The second-order valence-electron chi connectivity index (χ2n) is 5.41. The number of amides is 1. The van der Waals surface area contributed by atoms with E-state index in [1.54, 1.807) is 0 Å². The zero-order valence-corrected chi connectivity index (χ0v) is 11.2. The Bertz CT molecular complexity index is 417. The van der Waals surface area contributed by atoms with E-state index in [2.05, 4.69) is 17.6 Å². The molecule has 0 heterocycles. The number of carbonyl (C=O) groups excluding carboxylic acids is 1. The van der Waals surface area contributed by atoms with Crippen LogP contribution in [0.15, 0.2) is 24.3 Å². The summed E-state index contributed by atoms with van der Waals surface area (Å²) < 4.78 is 0. The van der Waals surface area contributed by atoms with E-state index < -0.39 is 0 Å². The summed E-state index contributed by atoms with van der Waals surface area (Å²) in [5, 5.41) is 6.25. The van der Waals surface area contributed by atoms with Crippen LogP contribution in [0.5, 0.6) is 0 Å². The molecule has 1 saturated carbocycles. The molecule has 0 aromatic heterocycles. The highest BCUT2D eigenvalue weighted by molar-refractivity contribution is 5.92. The van der Waals surface area contributed by atoms with Gasteiger partial charge in [-0.3, -0.25) is 4.79 Å². The van der Waals surface area contributed by atoms with Crippen molar-refractivity contribution in [3.63, 3.8) is 0 Å². The van der Waals surface area contributed by atoms with Crippen LogP contribution >= 0.6 is 0 Å².